The van der Waals surface area contributed by atoms with E-state index in [1.54, 1.807) is 4.68 Å². The Morgan fingerprint density at radius 2 is 2.50 bits per heavy atom. The molecule has 0 spiro atoms. The van der Waals surface area contributed by atoms with Gasteiger partial charge in [0, 0.05) is 6.54 Å². The van der Waals surface area contributed by atoms with Crippen molar-refractivity contribution in [2.75, 3.05) is 0 Å². The van der Waals surface area contributed by atoms with Crippen molar-refractivity contribution in [1.29, 1.82) is 0 Å². The van der Waals surface area contributed by atoms with Gasteiger partial charge in [0.1, 0.15) is 12.2 Å². The van der Waals surface area contributed by atoms with Gasteiger partial charge in [0.25, 0.3) is 0 Å². The minimum absolute atomic E-state index is 0.0255. The van der Waals surface area contributed by atoms with Gasteiger partial charge in [-0.25, -0.2) is 9.67 Å². The van der Waals surface area contributed by atoms with E-state index in [2.05, 4.69) is 10.1 Å². The lowest BCUT2D eigenvalue weighted by Crippen LogP contribution is -2.13. The average molecular weight is 140 g/mol. The van der Waals surface area contributed by atoms with E-state index in [0.717, 1.165) is 12.4 Å². The maximum Gasteiger partial charge on any atom is 0.143 e. The zero-order chi connectivity index (χ0) is 7.56. The Kier molecular flexibility index (Phi) is 2.01. The van der Waals surface area contributed by atoms with E-state index < -0.39 is 0 Å². The summed E-state index contributed by atoms with van der Waals surface area (Å²) in [6.45, 7) is 4.74. The van der Waals surface area contributed by atoms with E-state index in [1.165, 1.54) is 6.33 Å². The van der Waals surface area contributed by atoms with Gasteiger partial charge in [-0.1, -0.05) is 0 Å². The topological polar surface area (TPSA) is 56.7 Å². The fraction of sp³-hybridized carbons (Fsp3) is 0.667. The molecule has 1 heterocycles. The van der Waals surface area contributed by atoms with E-state index in [4.69, 9.17) is 5.73 Å². The number of nitrogens with two attached hydrogens (primary N) is 1. The van der Waals surface area contributed by atoms with Crippen LogP contribution in [0.4, 0.5) is 0 Å². The Morgan fingerprint density at radius 1 is 1.80 bits per heavy atom. The molecule has 4 heteroatoms. The quantitative estimate of drug-likeness (QED) is 0.643. The van der Waals surface area contributed by atoms with Crippen molar-refractivity contribution in [1.82, 2.24) is 14.8 Å². The first-order valence-electron chi connectivity index (χ1n) is 3.39. The summed E-state index contributed by atoms with van der Waals surface area (Å²) < 4.78 is 1.80. The Bertz CT molecular complexity index is 203. The van der Waals surface area contributed by atoms with Crippen molar-refractivity contribution in [2.45, 2.75) is 26.4 Å². The first-order chi connectivity index (χ1) is 4.75. The molecule has 2 N–H and O–H groups in total. The molecule has 0 radical (unpaired) electrons. The smallest absolute Gasteiger partial charge is 0.143 e. The summed E-state index contributed by atoms with van der Waals surface area (Å²) >= 11 is 0. The summed E-state index contributed by atoms with van der Waals surface area (Å²) in [5, 5.41) is 3.98. The van der Waals surface area contributed by atoms with Crippen LogP contribution in [0.5, 0.6) is 0 Å². The number of nitrogens with zero attached hydrogens (tertiary/aromatic N) is 3. The molecule has 0 bridgehead atoms. The van der Waals surface area contributed by atoms with Gasteiger partial charge in [-0.3, -0.25) is 0 Å². The van der Waals surface area contributed by atoms with Crippen LogP contribution in [0, 0.1) is 0 Å². The molecule has 1 atom stereocenters. The highest BCUT2D eigenvalue weighted by molar-refractivity contribution is 4.89. The fourth-order valence-corrected chi connectivity index (χ4v) is 0.869. The second kappa shape index (κ2) is 2.79. The molecule has 0 aliphatic rings. The molecule has 0 aliphatic heterocycles. The molecule has 0 saturated carbocycles. The minimum atomic E-state index is -0.0255. The first kappa shape index (κ1) is 7.21. The monoisotopic (exact) mass is 140 g/mol. The predicted molar refractivity (Wildman–Crippen MR) is 38.3 cm³/mol. The van der Waals surface area contributed by atoms with E-state index in [-0.39, 0.29) is 6.04 Å². The third-order valence-electron chi connectivity index (χ3n) is 1.35. The van der Waals surface area contributed by atoms with E-state index >= 15 is 0 Å². The third-order valence-corrected chi connectivity index (χ3v) is 1.35. The highest BCUT2D eigenvalue weighted by atomic mass is 15.3. The van der Waals surface area contributed by atoms with Crippen LogP contribution in [-0.4, -0.2) is 14.8 Å². The number of rotatable bonds is 2. The van der Waals surface area contributed by atoms with Gasteiger partial charge in [0.2, 0.25) is 0 Å². The summed E-state index contributed by atoms with van der Waals surface area (Å²) in [5.74, 6) is 0.850. The number of aromatic nitrogens is 3. The maximum absolute atomic E-state index is 5.61. The minimum Gasteiger partial charge on any atom is -0.322 e. The normalized spacial score (nSPS) is 13.5. The van der Waals surface area contributed by atoms with Crippen LogP contribution >= 0.6 is 0 Å². The molecular formula is C6H12N4. The predicted octanol–water partition coefficient (Wildman–Crippen LogP) is 0.318. The molecule has 0 fully saturated rings. The third kappa shape index (κ3) is 1.16. The Labute approximate surface area is 60.1 Å². The van der Waals surface area contributed by atoms with Crippen LogP contribution in [0.25, 0.3) is 0 Å². The molecule has 10 heavy (non-hydrogen) atoms. The van der Waals surface area contributed by atoms with Crippen molar-refractivity contribution in [2.24, 2.45) is 5.73 Å². The zero-order valence-corrected chi connectivity index (χ0v) is 6.28. The van der Waals surface area contributed by atoms with E-state index in [0.29, 0.717) is 0 Å². The zero-order valence-electron chi connectivity index (χ0n) is 6.28. The van der Waals surface area contributed by atoms with Crippen molar-refractivity contribution in [3.8, 4) is 0 Å². The van der Waals surface area contributed by atoms with Gasteiger partial charge >= 0.3 is 0 Å². The molecule has 56 valence electrons. The molecule has 0 aliphatic carbocycles. The van der Waals surface area contributed by atoms with Crippen LogP contribution in [0.1, 0.15) is 25.7 Å². The summed E-state index contributed by atoms with van der Waals surface area (Å²) in [6.07, 6.45) is 1.53. The van der Waals surface area contributed by atoms with Crippen molar-refractivity contribution >= 4 is 0 Å². The van der Waals surface area contributed by atoms with Crippen LogP contribution in [0.15, 0.2) is 6.33 Å². The summed E-state index contributed by atoms with van der Waals surface area (Å²) in [6, 6.07) is -0.0255. The van der Waals surface area contributed by atoms with E-state index in [9.17, 15) is 0 Å². The molecular weight excluding hydrogens is 128 g/mol. The second-order valence-electron chi connectivity index (χ2n) is 2.22. The maximum atomic E-state index is 5.61. The number of aryl methyl sites for hydroxylation is 1. The summed E-state index contributed by atoms with van der Waals surface area (Å²) in [4.78, 5) is 4.01. The number of hydrogen-bond donors (Lipinski definition) is 1. The second-order valence-corrected chi connectivity index (χ2v) is 2.22. The lowest BCUT2D eigenvalue weighted by molar-refractivity contribution is 0.580. The van der Waals surface area contributed by atoms with Gasteiger partial charge in [0.15, 0.2) is 0 Å². The summed E-state index contributed by atoms with van der Waals surface area (Å²) in [5.41, 5.74) is 5.61. The molecule has 1 aromatic rings. The molecule has 0 aromatic carbocycles. The average Bonchev–Trinajstić information content (AvgIpc) is 2.33. The Hall–Kier alpha value is -0.900. The van der Waals surface area contributed by atoms with Gasteiger partial charge in [-0.15, -0.1) is 0 Å². The fourth-order valence-electron chi connectivity index (χ4n) is 0.869. The van der Waals surface area contributed by atoms with E-state index in [1.807, 2.05) is 13.8 Å². The van der Waals surface area contributed by atoms with Gasteiger partial charge in [-0.2, -0.15) is 5.10 Å². The molecule has 1 rings (SSSR count). The highest BCUT2D eigenvalue weighted by Gasteiger charge is 2.05. The molecule has 0 amide bonds. The van der Waals surface area contributed by atoms with Crippen LogP contribution in [-0.2, 0) is 6.54 Å². The van der Waals surface area contributed by atoms with Gasteiger partial charge in [-0.05, 0) is 13.8 Å². The van der Waals surface area contributed by atoms with Crippen LogP contribution < -0.4 is 5.73 Å². The number of hydrogen-bond acceptors (Lipinski definition) is 3. The lowest BCUT2D eigenvalue weighted by atomic mass is 10.3. The molecule has 1 aromatic heterocycles. The standard InChI is InChI=1S/C6H12N4/c1-3-10-6(5(2)7)8-4-9-10/h4-5H,3,7H2,1-2H3/t5-/m0/s1. The largest absolute Gasteiger partial charge is 0.322 e. The first-order valence-corrected chi connectivity index (χ1v) is 3.39. The lowest BCUT2D eigenvalue weighted by Gasteiger charge is -2.04. The molecule has 0 saturated heterocycles. The van der Waals surface area contributed by atoms with Gasteiger partial charge in [0.05, 0.1) is 6.04 Å². The Balaban J connectivity index is 2.90. The SMILES string of the molecule is CCn1ncnc1[C@H](C)N. The van der Waals surface area contributed by atoms with Crippen LogP contribution in [0.3, 0.4) is 0 Å². The van der Waals surface area contributed by atoms with Crippen molar-refractivity contribution in [3.05, 3.63) is 12.2 Å². The van der Waals surface area contributed by atoms with Gasteiger partial charge < -0.3 is 5.73 Å². The summed E-state index contributed by atoms with van der Waals surface area (Å²) in [7, 11) is 0. The molecule has 0 unspecified atom stereocenters. The highest BCUT2D eigenvalue weighted by Crippen LogP contribution is 2.02. The van der Waals surface area contributed by atoms with Crippen LogP contribution in [0.2, 0.25) is 0 Å². The van der Waals surface area contributed by atoms with Crippen molar-refractivity contribution in [3.63, 3.8) is 0 Å². The Morgan fingerprint density at radius 3 is 2.90 bits per heavy atom. The van der Waals surface area contributed by atoms with Crippen molar-refractivity contribution < 1.29 is 0 Å². The molecule has 4 nitrogen and oxygen atoms in total.